The van der Waals surface area contributed by atoms with Gasteiger partial charge in [-0.05, 0) is 55.7 Å². The van der Waals surface area contributed by atoms with Crippen LogP contribution < -0.4 is 0 Å². The summed E-state index contributed by atoms with van der Waals surface area (Å²) >= 11 is 0.401. The third kappa shape index (κ3) is 2.94. The quantitative estimate of drug-likeness (QED) is 0.595. The Balaban J connectivity index is 1.79. The number of alkyl halides is 2. The first-order valence-electron chi connectivity index (χ1n) is 11.3. The van der Waals surface area contributed by atoms with E-state index >= 15 is 8.78 Å². The molecule has 2 N–H and O–H groups in total. The Labute approximate surface area is 196 Å². The molecular weight excluding hydrogens is 452 g/mol. The lowest BCUT2D eigenvalue weighted by atomic mass is 9.44. The molecule has 0 saturated heterocycles. The molecule has 3 saturated carbocycles. The number of carbonyl (C=O) groups is 3. The molecule has 0 spiro atoms. The van der Waals surface area contributed by atoms with E-state index in [9.17, 15) is 24.6 Å². The Morgan fingerprint density at radius 3 is 2.45 bits per heavy atom. The van der Waals surface area contributed by atoms with Crippen molar-refractivity contribution in [2.45, 2.75) is 63.6 Å². The number of hydrogen-bond acceptors (Lipinski definition) is 6. The fraction of sp³-hybridized carbons (Fsp3) is 0.708. The average molecular weight is 484 g/mol. The topological polar surface area (TPSA) is 94.9 Å². The van der Waals surface area contributed by atoms with Crippen LogP contribution in [0.25, 0.3) is 0 Å². The van der Waals surface area contributed by atoms with E-state index in [4.69, 9.17) is 0 Å². The van der Waals surface area contributed by atoms with Gasteiger partial charge in [0, 0.05) is 42.6 Å². The summed E-state index contributed by atoms with van der Waals surface area (Å²) in [6.07, 6.45) is 0.273. The van der Waals surface area contributed by atoms with Crippen molar-refractivity contribution in [3.8, 4) is 0 Å². The summed E-state index contributed by atoms with van der Waals surface area (Å²) in [4.78, 5) is 38.6. The Hall–Kier alpha value is -1.58. The van der Waals surface area contributed by atoms with Crippen molar-refractivity contribution >= 4 is 27.9 Å². The molecule has 4 unspecified atom stereocenters. The number of amides is 1. The third-order valence-corrected chi connectivity index (χ3v) is 10.1. The number of aliphatic hydroxyl groups excluding tert-OH is 1. The number of fused-ring (bicyclic) bond motifs is 5. The van der Waals surface area contributed by atoms with E-state index in [0.717, 1.165) is 6.08 Å². The fourth-order valence-electron chi connectivity index (χ4n) is 7.22. The molecule has 33 heavy (non-hydrogen) atoms. The van der Waals surface area contributed by atoms with Crippen molar-refractivity contribution in [2.24, 2.45) is 28.6 Å². The van der Waals surface area contributed by atoms with E-state index in [1.54, 1.807) is 13.8 Å². The number of allylic oxidation sites excluding steroid dienone is 4. The molecule has 4 rings (SSSR count). The van der Waals surface area contributed by atoms with E-state index in [-0.39, 0.29) is 24.8 Å². The van der Waals surface area contributed by atoms with Crippen LogP contribution in [0.4, 0.5) is 13.6 Å². The number of nitrogens with zero attached hydrogens (tertiary/aromatic N) is 1. The number of rotatable bonds is 1. The predicted molar refractivity (Wildman–Crippen MR) is 120 cm³/mol. The second kappa shape index (κ2) is 7.46. The van der Waals surface area contributed by atoms with Crippen LogP contribution in [0, 0.1) is 28.6 Å². The van der Waals surface area contributed by atoms with Gasteiger partial charge in [-0.3, -0.25) is 14.4 Å². The Kier molecular flexibility index (Phi) is 5.55. The second-order valence-electron chi connectivity index (χ2n) is 10.8. The van der Waals surface area contributed by atoms with Crippen LogP contribution in [0.5, 0.6) is 0 Å². The maximum Gasteiger partial charge on any atom is 0.288 e. The van der Waals surface area contributed by atoms with Gasteiger partial charge >= 0.3 is 0 Å². The average Bonchev–Trinajstić information content (AvgIpc) is 2.93. The molecule has 9 heteroatoms. The highest BCUT2D eigenvalue weighted by Crippen LogP contribution is 2.71. The van der Waals surface area contributed by atoms with Crippen molar-refractivity contribution in [3.63, 3.8) is 0 Å². The zero-order chi connectivity index (χ0) is 24.7. The van der Waals surface area contributed by atoms with Crippen LogP contribution >= 0.6 is 11.8 Å². The first-order chi connectivity index (χ1) is 15.1. The molecule has 1 amide bonds. The summed E-state index contributed by atoms with van der Waals surface area (Å²) in [6, 6.07) is 0. The molecule has 4 aliphatic rings. The van der Waals surface area contributed by atoms with E-state index < -0.39 is 68.3 Å². The Morgan fingerprint density at radius 2 is 1.85 bits per heavy atom. The first kappa shape index (κ1) is 24.5. The van der Waals surface area contributed by atoms with Gasteiger partial charge in [-0.2, -0.15) is 0 Å². The Bertz CT molecular complexity index is 984. The van der Waals surface area contributed by atoms with Gasteiger partial charge in [-0.25, -0.2) is 8.78 Å². The summed E-state index contributed by atoms with van der Waals surface area (Å²) in [5, 5.41) is 21.7. The smallest absolute Gasteiger partial charge is 0.288 e. The van der Waals surface area contributed by atoms with Crippen molar-refractivity contribution < 1.29 is 33.4 Å². The van der Waals surface area contributed by atoms with Crippen LogP contribution in [-0.4, -0.2) is 68.9 Å². The lowest BCUT2D eigenvalue weighted by molar-refractivity contribution is -0.221. The van der Waals surface area contributed by atoms with E-state index in [0.29, 0.717) is 11.8 Å². The fourth-order valence-corrected chi connectivity index (χ4v) is 8.15. The predicted octanol–water partition coefficient (Wildman–Crippen LogP) is 3.22. The van der Waals surface area contributed by atoms with Gasteiger partial charge in [-0.15, -0.1) is 0 Å². The maximum atomic E-state index is 17.1. The minimum atomic E-state index is -2.27. The molecule has 0 heterocycles. The number of hydrogen-bond donors (Lipinski definition) is 2. The molecule has 182 valence electrons. The van der Waals surface area contributed by atoms with E-state index in [1.165, 1.54) is 38.1 Å². The van der Waals surface area contributed by atoms with E-state index in [1.807, 2.05) is 0 Å². The molecule has 6 nitrogen and oxygen atoms in total. The Morgan fingerprint density at radius 1 is 1.21 bits per heavy atom. The minimum Gasteiger partial charge on any atom is -0.390 e. The zero-order valence-electron chi connectivity index (χ0n) is 19.5. The maximum absolute atomic E-state index is 17.1. The van der Waals surface area contributed by atoms with Crippen LogP contribution in [0.3, 0.4) is 0 Å². The van der Waals surface area contributed by atoms with Gasteiger partial charge in [0.15, 0.2) is 11.5 Å². The SMILES string of the molecule is C[C@@H]1CC2C3C[C@H](F)C4=CC(=O)C=CC4(C)[C@@]3(F)[C@@H](O)CC2(C)[C@@]1(O)C(=O)SC(=O)N(C)C. The third-order valence-electron chi connectivity index (χ3n) is 9.07. The summed E-state index contributed by atoms with van der Waals surface area (Å²) in [7, 11) is 2.99. The largest absolute Gasteiger partial charge is 0.390 e. The van der Waals surface area contributed by atoms with Crippen molar-refractivity contribution in [3.05, 3.63) is 23.8 Å². The van der Waals surface area contributed by atoms with Crippen molar-refractivity contribution in [1.82, 2.24) is 4.90 Å². The lowest BCUT2D eigenvalue weighted by Crippen LogP contribution is -2.70. The molecule has 9 atom stereocenters. The summed E-state index contributed by atoms with van der Waals surface area (Å²) < 4.78 is 32.5. The molecule has 0 aromatic carbocycles. The van der Waals surface area contributed by atoms with Gasteiger partial charge in [0.2, 0.25) is 5.12 Å². The first-order valence-corrected chi connectivity index (χ1v) is 12.1. The molecule has 4 aliphatic carbocycles. The van der Waals surface area contributed by atoms with E-state index in [2.05, 4.69) is 0 Å². The minimum absolute atomic E-state index is 0.0286. The standard InChI is InChI=1S/C24H31F2NO5S/c1-12-8-14-15-10-17(25)16-9-13(28)6-7-21(16,2)23(15,26)18(29)11-22(14,3)24(12,32)19(30)33-20(31)27(4)5/h6-7,9,12,14-15,17-18,29,32H,8,10-11H2,1-5H3/t12-,14?,15?,17+,18+,21?,22?,23+,24+/m1/s1. The van der Waals surface area contributed by atoms with Crippen LogP contribution in [0.1, 0.15) is 40.0 Å². The van der Waals surface area contributed by atoms with Crippen molar-refractivity contribution in [2.75, 3.05) is 14.1 Å². The van der Waals surface area contributed by atoms with Crippen LogP contribution in [-0.2, 0) is 9.59 Å². The molecule has 0 aliphatic heterocycles. The lowest BCUT2D eigenvalue weighted by Gasteiger charge is -2.63. The zero-order valence-corrected chi connectivity index (χ0v) is 20.3. The van der Waals surface area contributed by atoms with Gasteiger partial charge in [0.1, 0.15) is 11.8 Å². The summed E-state index contributed by atoms with van der Waals surface area (Å²) in [5.41, 5.74) is -7.01. The highest BCUT2D eigenvalue weighted by molar-refractivity contribution is 8.26. The molecule has 0 aromatic heterocycles. The number of carbonyl (C=O) groups excluding carboxylic acids is 3. The molecule has 0 aromatic rings. The summed E-state index contributed by atoms with van der Waals surface area (Å²) in [6.45, 7) is 4.83. The van der Waals surface area contributed by atoms with Crippen LogP contribution in [0.2, 0.25) is 0 Å². The normalized spacial score (nSPS) is 48.5. The van der Waals surface area contributed by atoms with Crippen LogP contribution in [0.15, 0.2) is 23.8 Å². The number of thioether (sulfide) groups is 1. The molecule has 3 fully saturated rings. The summed E-state index contributed by atoms with van der Waals surface area (Å²) in [5.74, 6) is -2.63. The van der Waals surface area contributed by atoms with Crippen molar-refractivity contribution in [1.29, 1.82) is 0 Å². The molecule has 0 radical (unpaired) electrons. The number of aliphatic hydroxyl groups is 2. The highest BCUT2D eigenvalue weighted by Gasteiger charge is 2.76. The van der Waals surface area contributed by atoms with Gasteiger partial charge < -0.3 is 15.1 Å². The number of halogens is 2. The van der Waals surface area contributed by atoms with Gasteiger partial charge in [-0.1, -0.05) is 19.9 Å². The second-order valence-corrected chi connectivity index (χ2v) is 11.7. The molecular formula is C24H31F2NO5S. The highest BCUT2D eigenvalue weighted by atomic mass is 32.2. The number of ketones is 1. The molecule has 0 bridgehead atoms. The van der Waals surface area contributed by atoms with Gasteiger partial charge in [0.05, 0.1) is 6.10 Å². The monoisotopic (exact) mass is 483 g/mol. The van der Waals surface area contributed by atoms with Gasteiger partial charge in [0.25, 0.3) is 5.24 Å².